The van der Waals surface area contributed by atoms with Gasteiger partial charge in [0, 0.05) is 24.8 Å². The van der Waals surface area contributed by atoms with Crippen LogP contribution < -0.4 is 10.2 Å². The van der Waals surface area contributed by atoms with Crippen LogP contribution in [-0.4, -0.2) is 30.7 Å². The van der Waals surface area contributed by atoms with Gasteiger partial charge < -0.3 is 15.3 Å². The summed E-state index contributed by atoms with van der Waals surface area (Å²) in [4.78, 5) is 13.2. The lowest BCUT2D eigenvalue weighted by Crippen LogP contribution is -2.28. The molecular formula is C25H30N2O2. The highest BCUT2D eigenvalue weighted by Gasteiger charge is 2.09. The monoisotopic (exact) mass is 390 g/mol. The first-order valence-electron chi connectivity index (χ1n) is 10.3. The zero-order valence-electron chi connectivity index (χ0n) is 17.3. The molecule has 3 aromatic carbocycles. The van der Waals surface area contributed by atoms with Crippen LogP contribution in [0.2, 0.25) is 0 Å². The molecule has 4 heteroatoms. The van der Waals surface area contributed by atoms with E-state index in [0.29, 0.717) is 6.04 Å². The molecule has 0 aliphatic rings. The van der Waals surface area contributed by atoms with Crippen molar-refractivity contribution in [2.24, 2.45) is 0 Å². The van der Waals surface area contributed by atoms with Gasteiger partial charge in [-0.25, -0.2) is 0 Å². The van der Waals surface area contributed by atoms with Crippen LogP contribution in [-0.2, 0) is 11.2 Å². The Bertz CT molecular complexity index is 932. The van der Waals surface area contributed by atoms with E-state index in [1.807, 2.05) is 24.3 Å². The molecule has 0 bridgehead atoms. The van der Waals surface area contributed by atoms with E-state index in [4.69, 9.17) is 5.11 Å². The second-order valence-electron chi connectivity index (χ2n) is 7.41. The fourth-order valence-corrected chi connectivity index (χ4v) is 3.80. The van der Waals surface area contributed by atoms with Crippen LogP contribution >= 0.6 is 0 Å². The molecule has 29 heavy (non-hydrogen) atoms. The standard InChI is InChI=1S/C25H30N2O2/c1-3-27(22-14-12-20(13-15-22)18-25(28)29)17-7-16-26-19(2)23-11-6-9-21-8-4-5-10-24(21)23/h4-6,8-15,19,26H,3,7,16-18H2,1-2H3,(H,28,29)/t19-/m1/s1. The number of aliphatic carboxylic acids is 1. The molecular weight excluding hydrogens is 360 g/mol. The molecule has 0 fully saturated rings. The summed E-state index contributed by atoms with van der Waals surface area (Å²) < 4.78 is 0. The van der Waals surface area contributed by atoms with Crippen LogP contribution in [0.15, 0.2) is 66.7 Å². The Morgan fingerprint density at radius 3 is 2.48 bits per heavy atom. The van der Waals surface area contributed by atoms with Crippen molar-refractivity contribution in [3.8, 4) is 0 Å². The van der Waals surface area contributed by atoms with Crippen molar-refractivity contribution in [3.63, 3.8) is 0 Å². The van der Waals surface area contributed by atoms with Gasteiger partial charge in [0.25, 0.3) is 0 Å². The van der Waals surface area contributed by atoms with Crippen LogP contribution in [0.1, 0.15) is 37.4 Å². The smallest absolute Gasteiger partial charge is 0.307 e. The number of fused-ring (bicyclic) bond motifs is 1. The third-order valence-corrected chi connectivity index (χ3v) is 5.38. The lowest BCUT2D eigenvalue weighted by atomic mass is 10.00. The number of hydrogen-bond donors (Lipinski definition) is 2. The van der Waals surface area contributed by atoms with E-state index in [1.165, 1.54) is 16.3 Å². The molecule has 0 aromatic heterocycles. The molecule has 2 N–H and O–H groups in total. The van der Waals surface area contributed by atoms with Gasteiger partial charge in [-0.05, 0) is 60.8 Å². The normalized spacial score (nSPS) is 12.1. The van der Waals surface area contributed by atoms with E-state index in [0.717, 1.165) is 37.3 Å². The fraction of sp³-hybridized carbons (Fsp3) is 0.320. The Balaban J connectivity index is 1.52. The first-order valence-corrected chi connectivity index (χ1v) is 10.3. The average molecular weight is 391 g/mol. The number of benzene rings is 3. The van der Waals surface area contributed by atoms with E-state index in [-0.39, 0.29) is 6.42 Å². The number of carboxylic acids is 1. The number of hydrogen-bond acceptors (Lipinski definition) is 3. The van der Waals surface area contributed by atoms with Gasteiger partial charge in [-0.3, -0.25) is 4.79 Å². The van der Waals surface area contributed by atoms with Crippen LogP contribution in [0.5, 0.6) is 0 Å². The van der Waals surface area contributed by atoms with Gasteiger partial charge in [-0.1, -0.05) is 54.6 Å². The number of carbonyl (C=O) groups is 1. The summed E-state index contributed by atoms with van der Waals surface area (Å²) >= 11 is 0. The molecule has 152 valence electrons. The molecule has 0 heterocycles. The number of rotatable bonds is 10. The lowest BCUT2D eigenvalue weighted by molar-refractivity contribution is -0.136. The molecule has 1 atom stereocenters. The SMILES string of the molecule is CCN(CCCN[C@H](C)c1cccc2ccccc12)c1ccc(CC(=O)O)cc1. The maximum Gasteiger partial charge on any atom is 0.307 e. The molecule has 0 aliphatic heterocycles. The molecule has 3 aromatic rings. The van der Waals surface area contributed by atoms with Gasteiger partial charge >= 0.3 is 5.97 Å². The van der Waals surface area contributed by atoms with Crippen molar-refractivity contribution in [3.05, 3.63) is 77.9 Å². The summed E-state index contributed by atoms with van der Waals surface area (Å²) in [5.41, 5.74) is 3.32. The average Bonchev–Trinajstić information content (AvgIpc) is 2.73. The number of anilines is 1. The van der Waals surface area contributed by atoms with Gasteiger partial charge in [0.1, 0.15) is 0 Å². The Morgan fingerprint density at radius 1 is 1.03 bits per heavy atom. The van der Waals surface area contributed by atoms with Gasteiger partial charge in [-0.15, -0.1) is 0 Å². The zero-order valence-corrected chi connectivity index (χ0v) is 17.3. The molecule has 0 amide bonds. The predicted molar refractivity (Wildman–Crippen MR) is 121 cm³/mol. The summed E-state index contributed by atoms with van der Waals surface area (Å²) in [6, 6.07) is 23.2. The highest BCUT2D eigenvalue weighted by atomic mass is 16.4. The van der Waals surface area contributed by atoms with Gasteiger partial charge in [0.05, 0.1) is 6.42 Å². The van der Waals surface area contributed by atoms with Crippen molar-refractivity contribution < 1.29 is 9.90 Å². The number of nitrogens with zero attached hydrogens (tertiary/aromatic N) is 1. The third-order valence-electron chi connectivity index (χ3n) is 5.38. The van der Waals surface area contributed by atoms with E-state index in [2.05, 4.69) is 66.5 Å². The first kappa shape index (κ1) is 20.9. The summed E-state index contributed by atoms with van der Waals surface area (Å²) in [5, 5.41) is 15.2. The molecule has 3 rings (SSSR count). The molecule has 0 spiro atoms. The molecule has 4 nitrogen and oxygen atoms in total. The zero-order chi connectivity index (χ0) is 20.6. The third kappa shape index (κ3) is 5.58. The second kappa shape index (κ2) is 10.1. The highest BCUT2D eigenvalue weighted by molar-refractivity contribution is 5.86. The van der Waals surface area contributed by atoms with Crippen molar-refractivity contribution in [2.75, 3.05) is 24.5 Å². The summed E-state index contributed by atoms with van der Waals surface area (Å²) in [5.74, 6) is -0.795. The van der Waals surface area contributed by atoms with Gasteiger partial charge in [0.15, 0.2) is 0 Å². The fourth-order valence-electron chi connectivity index (χ4n) is 3.80. The molecule has 0 saturated heterocycles. The van der Waals surface area contributed by atoms with Crippen molar-refractivity contribution in [1.82, 2.24) is 5.32 Å². The topological polar surface area (TPSA) is 52.6 Å². The van der Waals surface area contributed by atoms with Crippen LogP contribution in [0.3, 0.4) is 0 Å². The van der Waals surface area contributed by atoms with Crippen LogP contribution in [0, 0.1) is 0 Å². The van der Waals surface area contributed by atoms with Crippen molar-refractivity contribution in [2.45, 2.75) is 32.7 Å². The Morgan fingerprint density at radius 2 is 1.76 bits per heavy atom. The van der Waals surface area contributed by atoms with Gasteiger partial charge in [-0.2, -0.15) is 0 Å². The summed E-state index contributed by atoms with van der Waals surface area (Å²) in [7, 11) is 0. The quantitative estimate of drug-likeness (QED) is 0.477. The van der Waals surface area contributed by atoms with E-state index in [9.17, 15) is 4.79 Å². The largest absolute Gasteiger partial charge is 0.481 e. The van der Waals surface area contributed by atoms with E-state index >= 15 is 0 Å². The lowest BCUT2D eigenvalue weighted by Gasteiger charge is -2.24. The van der Waals surface area contributed by atoms with E-state index < -0.39 is 5.97 Å². The summed E-state index contributed by atoms with van der Waals surface area (Å²) in [6.07, 6.45) is 1.11. The first-order chi connectivity index (χ1) is 14.1. The molecule has 0 saturated carbocycles. The minimum atomic E-state index is -0.795. The number of carboxylic acid groups (broad SMARTS) is 1. The minimum Gasteiger partial charge on any atom is -0.481 e. The van der Waals surface area contributed by atoms with Gasteiger partial charge in [0.2, 0.25) is 0 Å². The number of nitrogens with one attached hydrogen (secondary N) is 1. The predicted octanol–water partition coefficient (Wildman–Crippen LogP) is 5.03. The second-order valence-corrected chi connectivity index (χ2v) is 7.41. The summed E-state index contributed by atoms with van der Waals surface area (Å²) in [6.45, 7) is 7.21. The Labute approximate surface area is 173 Å². The highest BCUT2D eigenvalue weighted by Crippen LogP contribution is 2.24. The Hall–Kier alpha value is -2.85. The van der Waals surface area contributed by atoms with Crippen molar-refractivity contribution in [1.29, 1.82) is 0 Å². The van der Waals surface area contributed by atoms with Crippen molar-refractivity contribution >= 4 is 22.4 Å². The maximum atomic E-state index is 10.8. The molecule has 0 radical (unpaired) electrons. The van der Waals surface area contributed by atoms with Crippen LogP contribution in [0.4, 0.5) is 5.69 Å². The van der Waals surface area contributed by atoms with Crippen LogP contribution in [0.25, 0.3) is 10.8 Å². The maximum absolute atomic E-state index is 10.8. The van der Waals surface area contributed by atoms with E-state index in [1.54, 1.807) is 0 Å². The minimum absolute atomic E-state index is 0.0718. The Kier molecular flexibility index (Phi) is 7.25. The molecule has 0 aliphatic carbocycles. The molecule has 0 unspecified atom stereocenters.